The Morgan fingerprint density at radius 2 is 2.00 bits per heavy atom. The molecule has 2 unspecified atom stereocenters. The first-order valence-corrected chi connectivity index (χ1v) is 9.65. The van der Waals surface area contributed by atoms with Crippen LogP contribution in [0.4, 0.5) is 0 Å². The highest BCUT2D eigenvalue weighted by Gasteiger charge is 2.24. The summed E-state index contributed by atoms with van der Waals surface area (Å²) in [6.07, 6.45) is 2.96. The minimum absolute atomic E-state index is 0.140. The van der Waals surface area contributed by atoms with E-state index >= 15 is 0 Å². The van der Waals surface area contributed by atoms with Crippen LogP contribution in [-0.2, 0) is 23.8 Å². The van der Waals surface area contributed by atoms with Crippen LogP contribution in [0.25, 0.3) is 0 Å². The first kappa shape index (κ1) is 16.7. The van der Waals surface area contributed by atoms with E-state index in [1.165, 1.54) is 22.3 Å². The Morgan fingerprint density at radius 3 is 2.74 bits per heavy atom. The smallest absolute Gasteiger partial charge is 0.0947 e. The third kappa shape index (κ3) is 4.03. The highest BCUT2D eigenvalue weighted by atomic mass is 35.5. The summed E-state index contributed by atoms with van der Waals surface area (Å²) in [6.45, 7) is 3.96. The molecule has 0 saturated heterocycles. The molecule has 0 heterocycles. The standard InChI is InChI=1S/C19H22ClNOS/c1-13(2)23(22)21-19-9-7-16-11-15(6-8-18(16)19)10-14-4-3-5-17(20)12-14/h3-6,8,11-13,19,21H,7,9-10H2,1-2H3. The van der Waals surface area contributed by atoms with Crippen molar-refractivity contribution in [3.8, 4) is 0 Å². The number of fused-ring (bicyclic) bond motifs is 1. The number of rotatable bonds is 5. The van der Waals surface area contributed by atoms with Crippen molar-refractivity contribution in [3.05, 3.63) is 69.7 Å². The Kier molecular flexibility index (Phi) is 5.20. The summed E-state index contributed by atoms with van der Waals surface area (Å²) >= 11 is 6.06. The Labute approximate surface area is 145 Å². The van der Waals surface area contributed by atoms with Crippen LogP contribution in [0.15, 0.2) is 42.5 Å². The molecule has 0 aliphatic heterocycles. The van der Waals surface area contributed by atoms with E-state index in [9.17, 15) is 4.21 Å². The van der Waals surface area contributed by atoms with E-state index in [2.05, 4.69) is 29.0 Å². The van der Waals surface area contributed by atoms with Crippen molar-refractivity contribution in [1.29, 1.82) is 0 Å². The molecule has 2 aromatic carbocycles. The van der Waals surface area contributed by atoms with Crippen molar-refractivity contribution in [2.45, 2.75) is 44.4 Å². The van der Waals surface area contributed by atoms with E-state index in [4.69, 9.17) is 11.6 Å². The third-order valence-electron chi connectivity index (χ3n) is 4.27. The van der Waals surface area contributed by atoms with E-state index in [0.29, 0.717) is 0 Å². The second-order valence-electron chi connectivity index (χ2n) is 6.40. The minimum atomic E-state index is -0.973. The molecule has 0 bridgehead atoms. The lowest BCUT2D eigenvalue weighted by Crippen LogP contribution is -2.27. The third-order valence-corrected chi connectivity index (χ3v) is 5.88. The first-order valence-electron chi connectivity index (χ1n) is 8.06. The Bertz CT molecular complexity index is 729. The van der Waals surface area contributed by atoms with Crippen LogP contribution in [0.2, 0.25) is 5.02 Å². The van der Waals surface area contributed by atoms with E-state index in [-0.39, 0.29) is 11.3 Å². The van der Waals surface area contributed by atoms with Crippen molar-refractivity contribution < 1.29 is 4.21 Å². The zero-order valence-corrected chi connectivity index (χ0v) is 15.1. The van der Waals surface area contributed by atoms with Crippen LogP contribution in [0.5, 0.6) is 0 Å². The molecular weight excluding hydrogens is 326 g/mol. The predicted octanol–water partition coefficient (Wildman–Crippen LogP) is 4.58. The number of aryl methyl sites for hydroxylation is 1. The van der Waals surface area contributed by atoms with Gasteiger partial charge in [-0.05, 0) is 67.5 Å². The lowest BCUT2D eigenvalue weighted by Gasteiger charge is -2.15. The Balaban J connectivity index is 1.75. The van der Waals surface area contributed by atoms with Gasteiger partial charge in [0.25, 0.3) is 0 Å². The molecule has 1 aliphatic rings. The number of hydrogen-bond donors (Lipinski definition) is 1. The SMILES string of the molecule is CC(C)S(=O)NC1CCc2cc(Cc3cccc(Cl)c3)ccc21. The molecular formula is C19H22ClNOS. The largest absolute Gasteiger partial charge is 0.243 e. The molecule has 0 amide bonds. The molecule has 0 spiro atoms. The van der Waals surface area contributed by atoms with Gasteiger partial charge in [0.2, 0.25) is 0 Å². The van der Waals surface area contributed by atoms with Crippen molar-refractivity contribution >= 4 is 22.6 Å². The van der Waals surface area contributed by atoms with Gasteiger partial charge in [0, 0.05) is 16.3 Å². The minimum Gasteiger partial charge on any atom is -0.243 e. The first-order chi connectivity index (χ1) is 11.0. The van der Waals surface area contributed by atoms with Crippen LogP contribution in [0.1, 0.15) is 48.6 Å². The Hall–Kier alpha value is -1.16. The molecule has 0 saturated carbocycles. The van der Waals surface area contributed by atoms with Crippen LogP contribution < -0.4 is 4.72 Å². The van der Waals surface area contributed by atoms with Gasteiger partial charge in [-0.2, -0.15) is 0 Å². The number of nitrogens with one attached hydrogen (secondary N) is 1. The van der Waals surface area contributed by atoms with Crippen LogP contribution >= 0.6 is 11.6 Å². The van der Waals surface area contributed by atoms with Gasteiger partial charge < -0.3 is 0 Å². The fourth-order valence-corrected chi connectivity index (χ4v) is 4.07. The molecule has 122 valence electrons. The summed E-state index contributed by atoms with van der Waals surface area (Å²) in [7, 11) is -0.973. The van der Waals surface area contributed by atoms with Gasteiger partial charge in [0.05, 0.1) is 11.0 Å². The highest BCUT2D eigenvalue weighted by molar-refractivity contribution is 7.83. The lowest BCUT2D eigenvalue weighted by atomic mass is 10.00. The predicted molar refractivity (Wildman–Crippen MR) is 98.2 cm³/mol. The van der Waals surface area contributed by atoms with E-state index in [1.54, 1.807) is 0 Å². The number of hydrogen-bond acceptors (Lipinski definition) is 1. The molecule has 0 radical (unpaired) electrons. The Morgan fingerprint density at radius 1 is 1.22 bits per heavy atom. The maximum absolute atomic E-state index is 12.0. The monoisotopic (exact) mass is 347 g/mol. The number of halogens is 1. The van der Waals surface area contributed by atoms with Gasteiger partial charge in [-0.1, -0.05) is 41.9 Å². The second kappa shape index (κ2) is 7.16. The molecule has 0 fully saturated rings. The maximum Gasteiger partial charge on any atom is 0.0947 e. The van der Waals surface area contributed by atoms with E-state index < -0.39 is 11.0 Å². The topological polar surface area (TPSA) is 29.1 Å². The van der Waals surface area contributed by atoms with E-state index in [1.807, 2.05) is 32.0 Å². The highest BCUT2D eigenvalue weighted by Crippen LogP contribution is 2.32. The van der Waals surface area contributed by atoms with Gasteiger partial charge in [-0.3, -0.25) is 0 Å². The summed E-state index contributed by atoms with van der Waals surface area (Å²) in [5.74, 6) is 0. The van der Waals surface area contributed by atoms with Crippen LogP contribution in [0, 0.1) is 0 Å². The summed E-state index contributed by atoms with van der Waals surface area (Å²) < 4.78 is 15.3. The summed E-state index contributed by atoms with van der Waals surface area (Å²) in [5, 5.41) is 0.922. The van der Waals surface area contributed by atoms with Crippen LogP contribution in [-0.4, -0.2) is 9.46 Å². The molecule has 1 aliphatic carbocycles. The van der Waals surface area contributed by atoms with Gasteiger partial charge in [0.15, 0.2) is 0 Å². The van der Waals surface area contributed by atoms with Crippen molar-refractivity contribution in [2.24, 2.45) is 0 Å². The van der Waals surface area contributed by atoms with Gasteiger partial charge in [0.1, 0.15) is 0 Å². The van der Waals surface area contributed by atoms with Crippen molar-refractivity contribution in [1.82, 2.24) is 4.72 Å². The van der Waals surface area contributed by atoms with Gasteiger partial charge in [-0.15, -0.1) is 0 Å². The van der Waals surface area contributed by atoms with Gasteiger partial charge in [-0.25, -0.2) is 8.93 Å². The normalized spacial score (nSPS) is 18.2. The zero-order chi connectivity index (χ0) is 16.4. The molecule has 3 rings (SSSR count). The van der Waals surface area contributed by atoms with Crippen molar-refractivity contribution in [3.63, 3.8) is 0 Å². The lowest BCUT2D eigenvalue weighted by molar-refractivity contribution is 0.617. The molecule has 1 N–H and O–H groups in total. The summed E-state index contributed by atoms with van der Waals surface area (Å²) in [6, 6.07) is 14.9. The molecule has 2 atom stereocenters. The van der Waals surface area contributed by atoms with Gasteiger partial charge >= 0.3 is 0 Å². The zero-order valence-electron chi connectivity index (χ0n) is 13.5. The maximum atomic E-state index is 12.0. The quantitative estimate of drug-likeness (QED) is 0.842. The molecule has 2 aromatic rings. The molecule has 2 nitrogen and oxygen atoms in total. The molecule has 23 heavy (non-hydrogen) atoms. The second-order valence-corrected chi connectivity index (χ2v) is 8.60. The average Bonchev–Trinajstić information content (AvgIpc) is 2.89. The fraction of sp³-hybridized carbons (Fsp3) is 0.368. The summed E-state index contributed by atoms with van der Waals surface area (Å²) in [4.78, 5) is 0. The summed E-state index contributed by atoms with van der Waals surface area (Å²) in [5.41, 5.74) is 5.21. The molecule has 0 aromatic heterocycles. The van der Waals surface area contributed by atoms with E-state index in [0.717, 1.165) is 24.3 Å². The molecule has 4 heteroatoms. The van der Waals surface area contributed by atoms with Crippen LogP contribution in [0.3, 0.4) is 0 Å². The average molecular weight is 348 g/mol. The fourth-order valence-electron chi connectivity index (χ4n) is 3.06. The number of benzene rings is 2. The van der Waals surface area contributed by atoms with Crippen molar-refractivity contribution in [2.75, 3.05) is 0 Å².